The number of hydrogen-bond donors (Lipinski definition) is 0. The fraction of sp³-hybridized carbons (Fsp3) is 0.100. The molecule has 2 heterocycles. The molecule has 0 bridgehead atoms. The predicted molar refractivity (Wildman–Crippen MR) is 112 cm³/mol. The molecule has 30 heavy (non-hydrogen) atoms. The van der Waals surface area contributed by atoms with Gasteiger partial charge in [0.2, 0.25) is 0 Å². The van der Waals surface area contributed by atoms with Crippen molar-refractivity contribution in [3.63, 3.8) is 0 Å². The van der Waals surface area contributed by atoms with Crippen molar-refractivity contribution in [3.8, 4) is 11.3 Å². The van der Waals surface area contributed by atoms with Crippen LogP contribution < -0.4 is 0 Å². The van der Waals surface area contributed by atoms with Gasteiger partial charge in [-0.15, -0.1) is 11.3 Å². The van der Waals surface area contributed by atoms with E-state index in [-0.39, 0.29) is 6.61 Å². The third-order valence-corrected chi connectivity index (χ3v) is 5.75. The van der Waals surface area contributed by atoms with E-state index in [2.05, 4.69) is 10.1 Å². The molecule has 0 aliphatic carbocycles. The zero-order valence-electron chi connectivity index (χ0n) is 15.0. The standard InChI is InChI=1S/C20H12Cl2F3N3OS/c21-15-6-1-12(9-16(15)22)11-29-26-10-17-18(27-19-28(17)7-8-30-19)13-2-4-14(5-3-13)20(23,24)25/h1-10H,11H2. The smallest absolute Gasteiger partial charge is 0.391 e. The molecule has 0 aliphatic heterocycles. The second-order valence-electron chi connectivity index (χ2n) is 6.23. The Balaban J connectivity index is 1.58. The number of nitrogens with zero attached hydrogens (tertiary/aromatic N) is 3. The molecular formula is C20H12Cl2F3N3OS. The average Bonchev–Trinajstić information content (AvgIpc) is 3.29. The molecule has 0 fully saturated rings. The van der Waals surface area contributed by atoms with Gasteiger partial charge < -0.3 is 4.84 Å². The topological polar surface area (TPSA) is 38.9 Å². The Kier molecular flexibility index (Phi) is 5.73. The molecule has 2 aromatic carbocycles. The Labute approximate surface area is 183 Å². The Morgan fingerprint density at radius 1 is 1.10 bits per heavy atom. The summed E-state index contributed by atoms with van der Waals surface area (Å²) in [5.74, 6) is 0. The molecule has 4 rings (SSSR count). The van der Waals surface area contributed by atoms with Crippen LogP contribution in [0, 0.1) is 0 Å². The maximum absolute atomic E-state index is 12.8. The lowest BCUT2D eigenvalue weighted by atomic mass is 10.1. The highest BCUT2D eigenvalue weighted by molar-refractivity contribution is 7.15. The van der Waals surface area contributed by atoms with Crippen LogP contribution in [-0.2, 0) is 17.6 Å². The van der Waals surface area contributed by atoms with Gasteiger partial charge in [0, 0.05) is 17.1 Å². The van der Waals surface area contributed by atoms with Gasteiger partial charge in [-0.2, -0.15) is 13.2 Å². The molecule has 0 atom stereocenters. The molecule has 0 radical (unpaired) electrons. The molecular weight excluding hydrogens is 458 g/mol. The molecule has 4 nitrogen and oxygen atoms in total. The van der Waals surface area contributed by atoms with Gasteiger partial charge in [-0.25, -0.2) is 4.98 Å². The molecule has 10 heteroatoms. The van der Waals surface area contributed by atoms with Crippen molar-refractivity contribution in [2.45, 2.75) is 12.8 Å². The van der Waals surface area contributed by atoms with Crippen LogP contribution in [0.3, 0.4) is 0 Å². The molecule has 0 saturated carbocycles. The van der Waals surface area contributed by atoms with E-state index >= 15 is 0 Å². The zero-order chi connectivity index (χ0) is 21.3. The first kappa shape index (κ1) is 20.7. The van der Waals surface area contributed by atoms with E-state index < -0.39 is 11.7 Å². The van der Waals surface area contributed by atoms with Gasteiger partial charge in [-0.3, -0.25) is 4.40 Å². The molecule has 0 N–H and O–H groups in total. The number of thiazole rings is 1. The van der Waals surface area contributed by atoms with Crippen LogP contribution >= 0.6 is 34.5 Å². The summed E-state index contributed by atoms with van der Waals surface area (Å²) in [6, 6.07) is 9.97. The van der Waals surface area contributed by atoms with Gasteiger partial charge in [0.25, 0.3) is 0 Å². The first-order valence-electron chi connectivity index (χ1n) is 8.55. The summed E-state index contributed by atoms with van der Waals surface area (Å²) in [5.41, 5.74) is 1.73. The van der Waals surface area contributed by atoms with Crippen LogP contribution in [0.15, 0.2) is 59.2 Å². The van der Waals surface area contributed by atoms with Gasteiger partial charge in [0.1, 0.15) is 6.61 Å². The van der Waals surface area contributed by atoms with Gasteiger partial charge in [0.05, 0.1) is 33.2 Å². The average molecular weight is 470 g/mol. The van der Waals surface area contributed by atoms with Crippen molar-refractivity contribution in [2.24, 2.45) is 5.16 Å². The van der Waals surface area contributed by atoms with Crippen molar-refractivity contribution in [3.05, 3.63) is 80.9 Å². The summed E-state index contributed by atoms with van der Waals surface area (Å²) in [4.78, 5) is 10.6. The minimum atomic E-state index is -4.39. The highest BCUT2D eigenvalue weighted by Gasteiger charge is 2.30. The first-order chi connectivity index (χ1) is 14.3. The van der Waals surface area contributed by atoms with Crippen LogP contribution in [-0.4, -0.2) is 15.6 Å². The fourth-order valence-electron chi connectivity index (χ4n) is 2.78. The maximum Gasteiger partial charge on any atom is 0.416 e. The SMILES string of the molecule is FC(F)(F)c1ccc(-c2nc3sccn3c2C=NOCc2ccc(Cl)c(Cl)c2)cc1. The second kappa shape index (κ2) is 8.29. The Bertz CT molecular complexity index is 1220. The highest BCUT2D eigenvalue weighted by atomic mass is 35.5. The lowest BCUT2D eigenvalue weighted by Crippen LogP contribution is -2.04. The highest BCUT2D eigenvalue weighted by Crippen LogP contribution is 2.32. The van der Waals surface area contributed by atoms with Gasteiger partial charge >= 0.3 is 6.18 Å². The largest absolute Gasteiger partial charge is 0.416 e. The van der Waals surface area contributed by atoms with E-state index in [1.54, 1.807) is 28.8 Å². The number of oxime groups is 1. The normalized spacial score (nSPS) is 12.2. The third-order valence-electron chi connectivity index (χ3n) is 4.25. The van der Waals surface area contributed by atoms with E-state index in [0.717, 1.165) is 17.7 Å². The number of hydrogen-bond acceptors (Lipinski definition) is 4. The van der Waals surface area contributed by atoms with Gasteiger partial charge in [0.15, 0.2) is 4.96 Å². The van der Waals surface area contributed by atoms with E-state index in [9.17, 15) is 13.2 Å². The van der Waals surface area contributed by atoms with Crippen LogP contribution in [0.25, 0.3) is 16.2 Å². The zero-order valence-corrected chi connectivity index (χ0v) is 17.4. The summed E-state index contributed by atoms with van der Waals surface area (Å²) in [5, 5.41) is 6.72. The third kappa shape index (κ3) is 4.30. The fourth-order valence-corrected chi connectivity index (χ4v) is 3.83. The van der Waals surface area contributed by atoms with Crippen molar-refractivity contribution in [2.75, 3.05) is 0 Å². The summed E-state index contributed by atoms with van der Waals surface area (Å²) >= 11 is 13.3. The molecule has 0 unspecified atom stereocenters. The molecule has 4 aromatic rings. The molecule has 2 aromatic heterocycles. The van der Waals surface area contributed by atoms with E-state index in [1.807, 2.05) is 5.38 Å². The van der Waals surface area contributed by atoms with E-state index in [0.29, 0.717) is 32.0 Å². The van der Waals surface area contributed by atoms with Crippen LogP contribution in [0.4, 0.5) is 13.2 Å². The number of rotatable bonds is 5. The van der Waals surface area contributed by atoms with Gasteiger partial charge in [-0.05, 0) is 29.8 Å². The summed E-state index contributed by atoms with van der Waals surface area (Å²) in [7, 11) is 0. The molecule has 0 spiro atoms. The monoisotopic (exact) mass is 469 g/mol. The minimum Gasteiger partial charge on any atom is -0.391 e. The molecule has 0 saturated heterocycles. The van der Waals surface area contributed by atoms with Gasteiger partial charge in [-0.1, -0.05) is 46.6 Å². The number of fused-ring (bicyclic) bond motifs is 1. The Morgan fingerprint density at radius 2 is 1.87 bits per heavy atom. The molecule has 0 aliphatic rings. The maximum atomic E-state index is 12.8. The molecule has 154 valence electrons. The Hall–Kier alpha value is -2.55. The summed E-state index contributed by atoms with van der Waals surface area (Å²) < 4.78 is 40.3. The van der Waals surface area contributed by atoms with Crippen molar-refractivity contribution in [1.29, 1.82) is 0 Å². The van der Waals surface area contributed by atoms with Crippen LogP contribution in [0.1, 0.15) is 16.8 Å². The number of imidazole rings is 1. The first-order valence-corrected chi connectivity index (χ1v) is 10.2. The van der Waals surface area contributed by atoms with Crippen molar-refractivity contribution < 1.29 is 18.0 Å². The molecule has 0 amide bonds. The number of halogens is 5. The predicted octanol–water partition coefficient (Wildman–Crippen LogP) is 6.94. The number of alkyl halides is 3. The minimum absolute atomic E-state index is 0.175. The van der Waals surface area contributed by atoms with E-state index in [1.165, 1.54) is 29.7 Å². The number of benzene rings is 2. The second-order valence-corrected chi connectivity index (χ2v) is 7.92. The van der Waals surface area contributed by atoms with Crippen molar-refractivity contribution in [1.82, 2.24) is 9.38 Å². The van der Waals surface area contributed by atoms with E-state index in [4.69, 9.17) is 28.0 Å². The Morgan fingerprint density at radius 3 is 2.57 bits per heavy atom. The van der Waals surface area contributed by atoms with Crippen molar-refractivity contribution >= 4 is 45.7 Å². The van der Waals surface area contributed by atoms with Crippen LogP contribution in [0.2, 0.25) is 10.0 Å². The lowest BCUT2D eigenvalue weighted by molar-refractivity contribution is -0.137. The quantitative estimate of drug-likeness (QED) is 0.234. The lowest BCUT2D eigenvalue weighted by Gasteiger charge is -2.07. The number of aromatic nitrogens is 2. The van der Waals surface area contributed by atoms with Crippen LogP contribution in [0.5, 0.6) is 0 Å². The summed E-state index contributed by atoms with van der Waals surface area (Å²) in [6.07, 6.45) is -1.10. The summed E-state index contributed by atoms with van der Waals surface area (Å²) in [6.45, 7) is 0.175.